The maximum absolute atomic E-state index is 11.5. The van der Waals surface area contributed by atoms with Crippen LogP contribution in [0.3, 0.4) is 0 Å². The molecule has 1 amide bonds. The molecule has 0 aliphatic rings. The molecular formula is C19H32N4O4S. The summed E-state index contributed by atoms with van der Waals surface area (Å²) in [6.07, 6.45) is 5.21. The van der Waals surface area contributed by atoms with Crippen molar-refractivity contribution in [3.05, 3.63) is 24.2 Å². The average molecular weight is 413 g/mol. The topological polar surface area (TPSA) is 78.2 Å². The van der Waals surface area contributed by atoms with Crippen molar-refractivity contribution in [2.24, 2.45) is 0 Å². The largest absolute Gasteiger partial charge is 0.444 e. The minimum atomic E-state index is -0.433. The van der Waals surface area contributed by atoms with Gasteiger partial charge in [0.05, 0.1) is 13.2 Å². The second-order valence-corrected chi connectivity index (χ2v) is 7.68. The number of thioether (sulfide) groups is 1. The third-order valence-electron chi connectivity index (χ3n) is 3.60. The predicted octanol–water partition coefficient (Wildman–Crippen LogP) is 3.49. The second kappa shape index (κ2) is 11.9. The Labute approximate surface area is 171 Å². The number of fused-ring (bicyclic) bond motifs is 1. The van der Waals surface area contributed by atoms with Gasteiger partial charge in [-0.15, -0.1) is 11.8 Å². The summed E-state index contributed by atoms with van der Waals surface area (Å²) in [5.74, 6) is 0. The highest BCUT2D eigenvalue weighted by atomic mass is 32.2. The lowest BCUT2D eigenvalue weighted by Crippen LogP contribution is -2.38. The SMILES string of the molecule is CCN(CCOC)C(=O)OC(C)(C)C.COCc1ccn2ncnc(SC)c12. The lowest BCUT2D eigenvalue weighted by molar-refractivity contribution is 0.0213. The van der Waals surface area contributed by atoms with Crippen LogP contribution in [-0.2, 0) is 20.8 Å². The number of hydrogen-bond acceptors (Lipinski definition) is 7. The Morgan fingerprint density at radius 3 is 2.54 bits per heavy atom. The number of aromatic nitrogens is 3. The van der Waals surface area contributed by atoms with Crippen molar-refractivity contribution in [1.29, 1.82) is 0 Å². The Morgan fingerprint density at radius 1 is 1.29 bits per heavy atom. The molecule has 0 saturated carbocycles. The summed E-state index contributed by atoms with van der Waals surface area (Å²) in [5, 5.41) is 5.11. The van der Waals surface area contributed by atoms with E-state index in [1.54, 1.807) is 37.2 Å². The molecule has 0 spiro atoms. The first kappa shape index (κ1) is 24.2. The van der Waals surface area contributed by atoms with Crippen LogP contribution >= 0.6 is 11.8 Å². The number of amides is 1. The predicted molar refractivity (Wildman–Crippen MR) is 111 cm³/mol. The van der Waals surface area contributed by atoms with Gasteiger partial charge in [0, 0.05) is 39.1 Å². The van der Waals surface area contributed by atoms with Crippen LogP contribution in [-0.4, -0.2) is 71.4 Å². The molecule has 0 atom stereocenters. The number of rotatable bonds is 7. The Balaban J connectivity index is 0.000000280. The van der Waals surface area contributed by atoms with E-state index in [9.17, 15) is 4.79 Å². The Bertz CT molecular complexity index is 730. The highest BCUT2D eigenvalue weighted by Gasteiger charge is 2.20. The quantitative estimate of drug-likeness (QED) is 0.644. The lowest BCUT2D eigenvalue weighted by Gasteiger charge is -2.26. The van der Waals surface area contributed by atoms with E-state index in [4.69, 9.17) is 14.2 Å². The molecule has 0 saturated heterocycles. The summed E-state index contributed by atoms with van der Waals surface area (Å²) in [6.45, 7) is 9.82. The number of hydrogen-bond donors (Lipinski definition) is 0. The highest BCUT2D eigenvalue weighted by Crippen LogP contribution is 2.22. The van der Waals surface area contributed by atoms with Gasteiger partial charge in [-0.2, -0.15) is 5.10 Å². The van der Waals surface area contributed by atoms with Crippen LogP contribution in [0.4, 0.5) is 4.79 Å². The van der Waals surface area contributed by atoms with E-state index in [-0.39, 0.29) is 6.09 Å². The zero-order valence-corrected chi connectivity index (χ0v) is 18.7. The van der Waals surface area contributed by atoms with Gasteiger partial charge in [0.25, 0.3) is 0 Å². The number of methoxy groups -OCH3 is 2. The number of carbonyl (C=O) groups excluding carboxylic acids is 1. The van der Waals surface area contributed by atoms with Gasteiger partial charge in [-0.25, -0.2) is 14.3 Å². The van der Waals surface area contributed by atoms with Gasteiger partial charge in [-0.05, 0) is 40.0 Å². The van der Waals surface area contributed by atoms with Gasteiger partial charge in [0.1, 0.15) is 22.5 Å². The summed E-state index contributed by atoms with van der Waals surface area (Å²) >= 11 is 1.62. The standard InChI is InChI=1S/C10H21NO3.C9H11N3OS/c1-6-11(7-8-13-5)9(12)14-10(2,3)4;1-13-5-7-3-4-12-8(7)9(14-2)10-6-11-12/h6-8H2,1-5H3;3-4,6H,5H2,1-2H3. The van der Waals surface area contributed by atoms with Crippen molar-refractivity contribution in [3.8, 4) is 0 Å². The van der Waals surface area contributed by atoms with Crippen molar-refractivity contribution < 1.29 is 19.0 Å². The fourth-order valence-corrected chi connectivity index (χ4v) is 2.89. The number of carbonyl (C=O) groups is 1. The third kappa shape index (κ3) is 7.65. The zero-order valence-electron chi connectivity index (χ0n) is 17.9. The van der Waals surface area contributed by atoms with Gasteiger partial charge in [0.2, 0.25) is 0 Å². The Kier molecular flexibility index (Phi) is 10.3. The molecule has 2 aromatic heterocycles. The molecule has 28 heavy (non-hydrogen) atoms. The van der Waals surface area contributed by atoms with Gasteiger partial charge in [-0.1, -0.05) is 0 Å². The minimum absolute atomic E-state index is 0.281. The minimum Gasteiger partial charge on any atom is -0.444 e. The van der Waals surface area contributed by atoms with Crippen molar-refractivity contribution in [3.63, 3.8) is 0 Å². The van der Waals surface area contributed by atoms with Gasteiger partial charge in [0.15, 0.2) is 0 Å². The molecular weight excluding hydrogens is 380 g/mol. The van der Waals surface area contributed by atoms with Crippen LogP contribution in [0.25, 0.3) is 5.52 Å². The van der Waals surface area contributed by atoms with Crippen molar-refractivity contribution in [2.75, 3.05) is 40.2 Å². The molecule has 0 bridgehead atoms. The molecule has 2 rings (SSSR count). The summed E-state index contributed by atoms with van der Waals surface area (Å²) in [7, 11) is 3.30. The van der Waals surface area contributed by atoms with E-state index >= 15 is 0 Å². The summed E-state index contributed by atoms with van der Waals surface area (Å²) in [4.78, 5) is 17.4. The zero-order chi connectivity index (χ0) is 21.2. The highest BCUT2D eigenvalue weighted by molar-refractivity contribution is 7.98. The van der Waals surface area contributed by atoms with Crippen LogP contribution < -0.4 is 0 Å². The number of nitrogens with zero attached hydrogens (tertiary/aromatic N) is 4. The summed E-state index contributed by atoms with van der Waals surface area (Å²) < 4.78 is 17.1. The first-order valence-corrected chi connectivity index (χ1v) is 10.3. The van der Waals surface area contributed by atoms with Crippen LogP contribution in [0.1, 0.15) is 33.3 Å². The molecule has 0 radical (unpaired) electrons. The van der Waals surface area contributed by atoms with Crippen LogP contribution in [0.5, 0.6) is 0 Å². The van der Waals surface area contributed by atoms with E-state index in [1.165, 1.54) is 0 Å². The maximum atomic E-state index is 11.5. The summed E-state index contributed by atoms with van der Waals surface area (Å²) in [6, 6.07) is 2.01. The van der Waals surface area contributed by atoms with Crippen LogP contribution in [0, 0.1) is 0 Å². The molecule has 0 aliphatic heterocycles. The second-order valence-electron chi connectivity index (χ2n) is 6.89. The van der Waals surface area contributed by atoms with Gasteiger partial charge < -0.3 is 19.1 Å². The van der Waals surface area contributed by atoms with E-state index < -0.39 is 5.60 Å². The third-order valence-corrected chi connectivity index (χ3v) is 4.28. The normalized spacial score (nSPS) is 11.1. The molecule has 2 aromatic rings. The fraction of sp³-hybridized carbons (Fsp3) is 0.632. The molecule has 0 N–H and O–H groups in total. The maximum Gasteiger partial charge on any atom is 0.410 e. The lowest BCUT2D eigenvalue weighted by atomic mass is 10.2. The van der Waals surface area contributed by atoms with Crippen molar-refractivity contribution in [2.45, 2.75) is 44.9 Å². The van der Waals surface area contributed by atoms with E-state index in [0.29, 0.717) is 26.3 Å². The van der Waals surface area contributed by atoms with Crippen LogP contribution in [0.15, 0.2) is 23.6 Å². The van der Waals surface area contributed by atoms with Crippen molar-refractivity contribution >= 4 is 23.4 Å². The first-order valence-electron chi connectivity index (χ1n) is 9.08. The molecule has 158 valence electrons. The van der Waals surface area contributed by atoms with Crippen molar-refractivity contribution in [1.82, 2.24) is 19.5 Å². The monoisotopic (exact) mass is 412 g/mol. The molecule has 0 unspecified atom stereocenters. The summed E-state index contributed by atoms with van der Waals surface area (Å²) in [5.41, 5.74) is 1.73. The Hall–Kier alpha value is -1.84. The fourth-order valence-electron chi connectivity index (χ4n) is 2.32. The van der Waals surface area contributed by atoms with E-state index in [0.717, 1.165) is 16.1 Å². The smallest absolute Gasteiger partial charge is 0.410 e. The van der Waals surface area contributed by atoms with E-state index in [1.807, 2.05) is 50.7 Å². The number of likely N-dealkylation sites (N-methyl/N-ethyl adjacent to an activating group) is 1. The molecule has 2 heterocycles. The molecule has 0 aromatic carbocycles. The number of ether oxygens (including phenoxy) is 3. The molecule has 9 heteroatoms. The van der Waals surface area contributed by atoms with E-state index in [2.05, 4.69) is 10.1 Å². The van der Waals surface area contributed by atoms with Crippen LogP contribution in [0.2, 0.25) is 0 Å². The Morgan fingerprint density at radius 2 is 2.00 bits per heavy atom. The average Bonchev–Trinajstić information content (AvgIpc) is 3.05. The van der Waals surface area contributed by atoms with Gasteiger partial charge in [-0.3, -0.25) is 0 Å². The molecule has 0 fully saturated rings. The first-order chi connectivity index (χ1) is 13.3. The molecule has 0 aliphatic carbocycles. The van der Waals surface area contributed by atoms with Gasteiger partial charge >= 0.3 is 6.09 Å². The molecule has 8 nitrogen and oxygen atoms in total.